The van der Waals surface area contributed by atoms with Gasteiger partial charge in [0.1, 0.15) is 18.1 Å². The number of hydrogen-bond acceptors (Lipinski definition) is 4. The smallest absolute Gasteiger partial charge is 0.275 e. The van der Waals surface area contributed by atoms with E-state index in [9.17, 15) is 9.90 Å². The number of benzene rings is 2. The van der Waals surface area contributed by atoms with Crippen molar-refractivity contribution in [2.45, 2.75) is 0 Å². The summed E-state index contributed by atoms with van der Waals surface area (Å²) in [6, 6.07) is 10.0. The highest BCUT2D eigenvalue weighted by Crippen LogP contribution is 2.23. The van der Waals surface area contributed by atoms with Gasteiger partial charge in [-0.2, -0.15) is 5.10 Å². The van der Waals surface area contributed by atoms with Crippen LogP contribution in [0.3, 0.4) is 0 Å². The average Bonchev–Trinajstić information content (AvgIpc) is 2.56. The standard InChI is InChI=1S/C17H14Br2N2O3/c1-2-7-24-16-6-4-12(18)8-11(16)10-20-21-17(23)14-9-13(19)3-5-15(14)22/h2-6,8-10,22H,1,7H2,(H,21,23)/b20-10-. The van der Waals surface area contributed by atoms with Crippen molar-refractivity contribution >= 4 is 44.0 Å². The maximum Gasteiger partial charge on any atom is 0.275 e. The lowest BCUT2D eigenvalue weighted by Crippen LogP contribution is -2.17. The second-order valence-corrected chi connectivity index (χ2v) is 6.47. The van der Waals surface area contributed by atoms with E-state index in [0.29, 0.717) is 22.4 Å². The monoisotopic (exact) mass is 452 g/mol. The van der Waals surface area contributed by atoms with Gasteiger partial charge in [-0.05, 0) is 36.4 Å². The van der Waals surface area contributed by atoms with Crippen LogP contribution in [0.4, 0.5) is 0 Å². The summed E-state index contributed by atoms with van der Waals surface area (Å²) in [5.41, 5.74) is 3.19. The fourth-order valence-electron chi connectivity index (χ4n) is 1.81. The number of carbonyl (C=O) groups is 1. The number of halogens is 2. The van der Waals surface area contributed by atoms with E-state index in [2.05, 4.69) is 49.0 Å². The molecule has 0 aromatic heterocycles. The molecule has 124 valence electrons. The molecule has 0 aliphatic heterocycles. The molecule has 5 nitrogen and oxygen atoms in total. The zero-order chi connectivity index (χ0) is 17.5. The van der Waals surface area contributed by atoms with E-state index in [0.717, 1.165) is 4.47 Å². The first-order valence-electron chi connectivity index (χ1n) is 6.86. The predicted molar refractivity (Wildman–Crippen MR) is 101 cm³/mol. The topological polar surface area (TPSA) is 70.9 Å². The zero-order valence-electron chi connectivity index (χ0n) is 12.5. The summed E-state index contributed by atoms with van der Waals surface area (Å²) in [5, 5.41) is 13.7. The van der Waals surface area contributed by atoms with Crippen LogP contribution in [0.2, 0.25) is 0 Å². The number of carbonyl (C=O) groups excluding carboxylic acids is 1. The van der Waals surface area contributed by atoms with Crippen LogP contribution in [0.25, 0.3) is 0 Å². The molecule has 0 aliphatic rings. The molecule has 0 aliphatic carbocycles. The zero-order valence-corrected chi connectivity index (χ0v) is 15.7. The Hall–Kier alpha value is -2.12. The summed E-state index contributed by atoms with van der Waals surface area (Å²) in [7, 11) is 0. The van der Waals surface area contributed by atoms with Crippen LogP contribution in [-0.2, 0) is 0 Å². The van der Waals surface area contributed by atoms with Crippen molar-refractivity contribution in [3.05, 3.63) is 69.1 Å². The van der Waals surface area contributed by atoms with Gasteiger partial charge >= 0.3 is 0 Å². The number of rotatable bonds is 6. The van der Waals surface area contributed by atoms with Crippen LogP contribution in [0, 0.1) is 0 Å². The molecule has 0 radical (unpaired) electrons. The number of phenols is 1. The quantitative estimate of drug-likeness (QED) is 0.390. The van der Waals surface area contributed by atoms with Gasteiger partial charge in [-0.3, -0.25) is 4.79 Å². The molecule has 1 amide bonds. The number of hydrazone groups is 1. The lowest BCUT2D eigenvalue weighted by Gasteiger charge is -2.07. The largest absolute Gasteiger partial charge is 0.507 e. The van der Waals surface area contributed by atoms with Crippen molar-refractivity contribution < 1.29 is 14.6 Å². The van der Waals surface area contributed by atoms with Crippen LogP contribution >= 0.6 is 31.9 Å². The second-order valence-electron chi connectivity index (χ2n) is 4.64. The number of nitrogens with one attached hydrogen (secondary N) is 1. The Morgan fingerprint density at radius 1 is 1.25 bits per heavy atom. The van der Waals surface area contributed by atoms with Crippen LogP contribution in [0.5, 0.6) is 11.5 Å². The van der Waals surface area contributed by atoms with Crippen LogP contribution in [0.15, 0.2) is 63.1 Å². The van der Waals surface area contributed by atoms with Gasteiger partial charge in [-0.25, -0.2) is 5.43 Å². The average molecular weight is 454 g/mol. The molecule has 0 saturated heterocycles. The third-order valence-corrected chi connectivity index (χ3v) is 3.89. The SMILES string of the molecule is C=CCOc1ccc(Br)cc1/C=N\NC(=O)c1cc(Br)ccc1O. The summed E-state index contributed by atoms with van der Waals surface area (Å²) < 4.78 is 7.06. The third kappa shape index (κ3) is 4.94. The molecule has 24 heavy (non-hydrogen) atoms. The highest BCUT2D eigenvalue weighted by molar-refractivity contribution is 9.10. The minimum Gasteiger partial charge on any atom is -0.507 e. The summed E-state index contributed by atoms with van der Waals surface area (Å²) in [4.78, 5) is 12.1. The Balaban J connectivity index is 2.13. The maximum atomic E-state index is 12.1. The summed E-state index contributed by atoms with van der Waals surface area (Å²) >= 11 is 6.63. The Kier molecular flexibility index (Phi) is 6.57. The number of ether oxygens (including phenoxy) is 1. The molecule has 2 aromatic rings. The van der Waals surface area contributed by atoms with E-state index in [1.165, 1.54) is 18.3 Å². The van der Waals surface area contributed by atoms with E-state index in [-0.39, 0.29) is 11.3 Å². The maximum absolute atomic E-state index is 12.1. The van der Waals surface area contributed by atoms with Crippen molar-refractivity contribution in [3.8, 4) is 11.5 Å². The normalized spacial score (nSPS) is 10.6. The summed E-state index contributed by atoms with van der Waals surface area (Å²) in [5.74, 6) is -0.0293. The van der Waals surface area contributed by atoms with Crippen LogP contribution in [0.1, 0.15) is 15.9 Å². The third-order valence-electron chi connectivity index (χ3n) is 2.90. The van der Waals surface area contributed by atoms with Gasteiger partial charge in [-0.15, -0.1) is 0 Å². The molecule has 0 fully saturated rings. The molecule has 0 saturated carbocycles. The van der Waals surface area contributed by atoms with Crippen molar-refractivity contribution in [1.29, 1.82) is 0 Å². The fraction of sp³-hybridized carbons (Fsp3) is 0.0588. The lowest BCUT2D eigenvalue weighted by molar-refractivity contribution is 0.0952. The molecule has 0 heterocycles. The molecular formula is C17H14Br2N2O3. The van der Waals surface area contributed by atoms with Gasteiger partial charge < -0.3 is 9.84 Å². The Morgan fingerprint density at radius 3 is 2.71 bits per heavy atom. The molecule has 0 atom stereocenters. The molecule has 2 aromatic carbocycles. The van der Waals surface area contributed by atoms with Gasteiger partial charge in [0.2, 0.25) is 0 Å². The number of phenolic OH excluding ortho intramolecular Hbond substituents is 1. The number of hydrogen-bond donors (Lipinski definition) is 2. The predicted octanol–water partition coefficient (Wildman–Crippen LogP) is 4.25. The number of amides is 1. The second kappa shape index (κ2) is 8.65. The summed E-state index contributed by atoms with van der Waals surface area (Å²) in [6.07, 6.45) is 3.11. The number of aromatic hydroxyl groups is 1. The first kappa shape index (κ1) is 18.2. The van der Waals surface area contributed by atoms with Gasteiger partial charge in [0.15, 0.2) is 0 Å². The fourth-order valence-corrected chi connectivity index (χ4v) is 2.55. The first-order valence-corrected chi connectivity index (χ1v) is 8.45. The van der Waals surface area contributed by atoms with Gasteiger partial charge in [0, 0.05) is 14.5 Å². The van der Waals surface area contributed by atoms with E-state index in [4.69, 9.17) is 4.74 Å². The molecule has 7 heteroatoms. The summed E-state index contributed by atoms with van der Waals surface area (Å²) in [6.45, 7) is 3.97. The minimum atomic E-state index is -0.520. The molecule has 0 spiro atoms. The van der Waals surface area contributed by atoms with Gasteiger partial charge in [0.05, 0.1) is 11.8 Å². The van der Waals surface area contributed by atoms with Gasteiger partial charge in [0.25, 0.3) is 5.91 Å². The molecular weight excluding hydrogens is 440 g/mol. The highest BCUT2D eigenvalue weighted by Gasteiger charge is 2.10. The van der Waals surface area contributed by atoms with Crippen molar-refractivity contribution in [2.75, 3.05) is 6.61 Å². The molecule has 2 rings (SSSR count). The van der Waals surface area contributed by atoms with Crippen molar-refractivity contribution in [3.63, 3.8) is 0 Å². The van der Waals surface area contributed by atoms with Gasteiger partial charge in [-0.1, -0.05) is 44.5 Å². The Morgan fingerprint density at radius 2 is 1.96 bits per heavy atom. The van der Waals surface area contributed by atoms with Crippen molar-refractivity contribution in [1.82, 2.24) is 5.43 Å². The van der Waals surface area contributed by atoms with Crippen LogP contribution < -0.4 is 10.2 Å². The lowest BCUT2D eigenvalue weighted by atomic mass is 10.2. The van der Waals surface area contributed by atoms with E-state index in [1.807, 2.05) is 12.1 Å². The van der Waals surface area contributed by atoms with Crippen LogP contribution in [-0.4, -0.2) is 23.8 Å². The first-order chi connectivity index (χ1) is 11.5. The minimum absolute atomic E-state index is 0.122. The Labute approximate surface area is 156 Å². The Bertz CT molecular complexity index is 791. The molecule has 2 N–H and O–H groups in total. The molecule has 0 bridgehead atoms. The highest BCUT2D eigenvalue weighted by atomic mass is 79.9. The molecule has 0 unspecified atom stereocenters. The van der Waals surface area contributed by atoms with E-state index in [1.54, 1.807) is 18.2 Å². The number of nitrogens with zero attached hydrogens (tertiary/aromatic N) is 1. The van der Waals surface area contributed by atoms with E-state index >= 15 is 0 Å². The van der Waals surface area contributed by atoms with Crippen molar-refractivity contribution in [2.24, 2.45) is 5.10 Å². The van der Waals surface area contributed by atoms with E-state index < -0.39 is 5.91 Å².